The first kappa shape index (κ1) is 12.5. The van der Waals surface area contributed by atoms with Gasteiger partial charge in [0, 0.05) is 6.42 Å². The van der Waals surface area contributed by atoms with Gasteiger partial charge in [0.05, 0.1) is 12.9 Å². The smallest absolute Gasteiger partial charge is 0.127 e. The van der Waals surface area contributed by atoms with E-state index < -0.39 is 0 Å². The lowest BCUT2D eigenvalue weighted by Gasteiger charge is -2.10. The summed E-state index contributed by atoms with van der Waals surface area (Å²) in [6, 6.07) is 8.02. The number of methoxy groups -OCH3 is 1. The summed E-state index contributed by atoms with van der Waals surface area (Å²) in [5.74, 6) is 2.55. The Morgan fingerprint density at radius 2 is 2.00 bits per heavy atom. The molecular weight excluding hydrogens is 224 g/mol. The van der Waals surface area contributed by atoms with Crippen LogP contribution in [0.2, 0.25) is 0 Å². The number of hydrogen-bond donors (Lipinski definition) is 0. The monoisotopic (exact) mass is 242 g/mol. The summed E-state index contributed by atoms with van der Waals surface area (Å²) in [5.41, 5.74) is 1.17. The number of rotatable bonds is 5. The van der Waals surface area contributed by atoms with Crippen molar-refractivity contribution >= 4 is 0 Å². The van der Waals surface area contributed by atoms with Crippen LogP contribution in [0.3, 0.4) is 0 Å². The zero-order valence-corrected chi connectivity index (χ0v) is 10.7. The van der Waals surface area contributed by atoms with Crippen molar-refractivity contribution in [3.8, 4) is 5.75 Å². The second-order valence-electron chi connectivity index (χ2n) is 4.25. The molecule has 0 saturated heterocycles. The van der Waals surface area contributed by atoms with Crippen molar-refractivity contribution in [2.75, 3.05) is 7.11 Å². The molecule has 0 spiro atoms. The quantitative estimate of drug-likeness (QED) is 0.726. The van der Waals surface area contributed by atoms with E-state index in [2.05, 4.69) is 18.7 Å². The van der Waals surface area contributed by atoms with Crippen molar-refractivity contribution in [3.63, 3.8) is 0 Å². The van der Waals surface area contributed by atoms with Crippen molar-refractivity contribution in [1.29, 1.82) is 0 Å². The molecule has 2 nitrogen and oxygen atoms in total. The van der Waals surface area contributed by atoms with E-state index in [4.69, 9.17) is 9.47 Å². The molecule has 2 rings (SSSR count). The molecule has 94 valence electrons. The van der Waals surface area contributed by atoms with Crippen LogP contribution >= 0.6 is 0 Å². The third kappa shape index (κ3) is 3.52. The van der Waals surface area contributed by atoms with Crippen molar-refractivity contribution in [3.05, 3.63) is 66.2 Å². The van der Waals surface area contributed by atoms with Gasteiger partial charge in [0.15, 0.2) is 0 Å². The molecule has 0 saturated carbocycles. The number of allylic oxidation sites excluding steroid dienone is 4. The molecule has 1 aliphatic carbocycles. The van der Waals surface area contributed by atoms with Gasteiger partial charge in [-0.1, -0.05) is 24.8 Å². The molecule has 0 radical (unpaired) electrons. The first-order chi connectivity index (χ1) is 8.78. The SMILES string of the molecule is C=C(Cc1ccc(OC2=CCCC=C2)cc1)OC. The maximum absolute atomic E-state index is 5.76. The van der Waals surface area contributed by atoms with E-state index in [-0.39, 0.29) is 0 Å². The molecule has 0 amide bonds. The Hall–Kier alpha value is -1.96. The van der Waals surface area contributed by atoms with Crippen molar-refractivity contribution in [1.82, 2.24) is 0 Å². The third-order valence-corrected chi connectivity index (χ3v) is 2.81. The van der Waals surface area contributed by atoms with E-state index in [0.29, 0.717) is 0 Å². The first-order valence-corrected chi connectivity index (χ1v) is 6.13. The molecule has 0 fully saturated rings. The van der Waals surface area contributed by atoms with Gasteiger partial charge in [0.2, 0.25) is 0 Å². The lowest BCUT2D eigenvalue weighted by Crippen LogP contribution is -1.96. The average Bonchev–Trinajstić information content (AvgIpc) is 2.42. The number of ether oxygens (including phenoxy) is 2. The van der Waals surface area contributed by atoms with E-state index in [1.165, 1.54) is 5.56 Å². The van der Waals surface area contributed by atoms with E-state index in [9.17, 15) is 0 Å². The van der Waals surface area contributed by atoms with Crippen molar-refractivity contribution < 1.29 is 9.47 Å². The lowest BCUT2D eigenvalue weighted by atomic mass is 10.1. The Balaban J connectivity index is 1.97. The van der Waals surface area contributed by atoms with Crippen LogP contribution in [0.1, 0.15) is 18.4 Å². The van der Waals surface area contributed by atoms with Gasteiger partial charge < -0.3 is 9.47 Å². The highest BCUT2D eigenvalue weighted by Gasteiger charge is 2.02. The minimum absolute atomic E-state index is 0.735. The zero-order valence-electron chi connectivity index (χ0n) is 10.7. The predicted molar refractivity (Wildman–Crippen MR) is 73.4 cm³/mol. The summed E-state index contributed by atoms with van der Waals surface area (Å²) >= 11 is 0. The van der Waals surface area contributed by atoms with Gasteiger partial charge >= 0.3 is 0 Å². The molecule has 1 aromatic carbocycles. The molecular formula is C16H18O2. The summed E-state index contributed by atoms with van der Waals surface area (Å²) in [6.45, 7) is 3.81. The maximum Gasteiger partial charge on any atom is 0.127 e. The molecule has 1 aromatic rings. The van der Waals surface area contributed by atoms with Crippen molar-refractivity contribution in [2.45, 2.75) is 19.3 Å². The normalized spacial score (nSPS) is 13.9. The molecule has 0 aromatic heterocycles. The summed E-state index contributed by atoms with van der Waals surface area (Å²) in [5, 5.41) is 0. The first-order valence-electron chi connectivity index (χ1n) is 6.13. The van der Waals surface area contributed by atoms with Crippen molar-refractivity contribution in [2.24, 2.45) is 0 Å². The molecule has 18 heavy (non-hydrogen) atoms. The van der Waals surface area contributed by atoms with Gasteiger partial charge in [0.25, 0.3) is 0 Å². The van der Waals surface area contributed by atoms with Crippen LogP contribution in [0.15, 0.2) is 60.6 Å². The largest absolute Gasteiger partial charge is 0.501 e. The van der Waals surface area contributed by atoms with Gasteiger partial charge in [-0.3, -0.25) is 0 Å². The Morgan fingerprint density at radius 1 is 1.22 bits per heavy atom. The van der Waals surface area contributed by atoms with Gasteiger partial charge in [-0.25, -0.2) is 0 Å². The van der Waals surface area contributed by atoms with E-state index in [0.717, 1.165) is 36.5 Å². The second-order valence-corrected chi connectivity index (χ2v) is 4.25. The molecule has 0 unspecified atom stereocenters. The third-order valence-electron chi connectivity index (χ3n) is 2.81. The predicted octanol–water partition coefficient (Wildman–Crippen LogP) is 4.00. The highest BCUT2D eigenvalue weighted by molar-refractivity contribution is 5.32. The Kier molecular flexibility index (Phi) is 4.24. The summed E-state index contributed by atoms with van der Waals surface area (Å²) < 4.78 is 10.8. The van der Waals surface area contributed by atoms with Crippen LogP contribution in [-0.2, 0) is 11.2 Å². The maximum atomic E-state index is 5.76. The van der Waals surface area contributed by atoms with Gasteiger partial charge in [-0.15, -0.1) is 0 Å². The van der Waals surface area contributed by atoms with Gasteiger partial charge in [-0.05, 0) is 42.7 Å². The lowest BCUT2D eigenvalue weighted by molar-refractivity contribution is 0.285. The molecule has 0 aliphatic heterocycles. The Morgan fingerprint density at radius 3 is 2.61 bits per heavy atom. The fourth-order valence-electron chi connectivity index (χ4n) is 1.78. The Labute approximate surface area is 108 Å². The topological polar surface area (TPSA) is 18.5 Å². The molecule has 0 atom stereocenters. The number of hydrogen-bond acceptors (Lipinski definition) is 2. The average molecular weight is 242 g/mol. The highest BCUT2D eigenvalue weighted by atomic mass is 16.5. The highest BCUT2D eigenvalue weighted by Crippen LogP contribution is 2.19. The summed E-state index contributed by atoms with van der Waals surface area (Å²) in [7, 11) is 1.64. The van der Waals surface area contributed by atoms with E-state index >= 15 is 0 Å². The molecule has 1 aliphatic rings. The fourth-order valence-corrected chi connectivity index (χ4v) is 1.78. The minimum atomic E-state index is 0.735. The van der Waals surface area contributed by atoms with Crippen LogP contribution in [0, 0.1) is 0 Å². The van der Waals surface area contributed by atoms with Crippen LogP contribution in [-0.4, -0.2) is 7.11 Å². The molecule has 2 heteroatoms. The molecule has 0 heterocycles. The zero-order chi connectivity index (χ0) is 12.8. The number of benzene rings is 1. The molecule has 0 bridgehead atoms. The van der Waals surface area contributed by atoms with Crippen LogP contribution in [0.25, 0.3) is 0 Å². The van der Waals surface area contributed by atoms with Crippen LogP contribution in [0.4, 0.5) is 0 Å². The van der Waals surface area contributed by atoms with Crippen LogP contribution in [0.5, 0.6) is 5.75 Å². The van der Waals surface area contributed by atoms with Gasteiger partial charge in [-0.2, -0.15) is 0 Å². The van der Waals surface area contributed by atoms with Crippen LogP contribution < -0.4 is 4.74 Å². The van der Waals surface area contributed by atoms with E-state index in [1.807, 2.05) is 30.3 Å². The fraction of sp³-hybridized carbons (Fsp3) is 0.250. The summed E-state index contributed by atoms with van der Waals surface area (Å²) in [6.07, 6.45) is 9.15. The van der Waals surface area contributed by atoms with E-state index in [1.54, 1.807) is 7.11 Å². The minimum Gasteiger partial charge on any atom is -0.501 e. The Bertz CT molecular complexity index is 466. The second kappa shape index (κ2) is 6.10. The summed E-state index contributed by atoms with van der Waals surface area (Å²) in [4.78, 5) is 0. The molecule has 0 N–H and O–H groups in total. The standard InChI is InChI=1S/C16H18O2/c1-13(17-2)12-14-8-10-16(11-9-14)18-15-6-4-3-5-7-15/h4,6-11H,1,3,5,12H2,2H3. The van der Waals surface area contributed by atoms with Gasteiger partial charge in [0.1, 0.15) is 11.5 Å².